The van der Waals surface area contributed by atoms with E-state index < -0.39 is 24.0 Å². The van der Waals surface area contributed by atoms with Crippen molar-refractivity contribution in [3.8, 4) is 5.75 Å². The SMILES string of the molecule is Cc1noc(C)c1COc1ccc(C(=O)OC(C)C(=O)NC(=O)NCc2ccccc2)cc1. The molecule has 1 heterocycles. The van der Waals surface area contributed by atoms with Crippen LogP contribution < -0.4 is 15.4 Å². The van der Waals surface area contributed by atoms with Gasteiger partial charge >= 0.3 is 12.0 Å². The number of nitrogens with one attached hydrogen (secondary N) is 2. The van der Waals surface area contributed by atoms with Crippen molar-refractivity contribution in [2.24, 2.45) is 0 Å². The fourth-order valence-electron chi connectivity index (χ4n) is 2.87. The Hall–Kier alpha value is -4.14. The highest BCUT2D eigenvalue weighted by atomic mass is 16.5. The Bertz CT molecular complexity index is 1090. The molecule has 0 saturated carbocycles. The summed E-state index contributed by atoms with van der Waals surface area (Å²) < 4.78 is 16.0. The maximum atomic E-state index is 12.3. The van der Waals surface area contributed by atoms with Gasteiger partial charge in [-0.05, 0) is 50.6 Å². The Kier molecular flexibility index (Phi) is 7.80. The average molecular weight is 451 g/mol. The molecule has 0 spiro atoms. The number of hydrogen-bond donors (Lipinski definition) is 2. The summed E-state index contributed by atoms with van der Waals surface area (Å²) in [5, 5.41) is 8.60. The molecular formula is C24H25N3O6. The first kappa shape index (κ1) is 23.5. The van der Waals surface area contributed by atoms with Gasteiger partial charge in [0.05, 0.1) is 16.8 Å². The number of amides is 3. The Morgan fingerprint density at radius 2 is 1.73 bits per heavy atom. The molecule has 0 saturated heterocycles. The van der Waals surface area contributed by atoms with E-state index in [0.29, 0.717) is 11.5 Å². The number of urea groups is 1. The van der Waals surface area contributed by atoms with E-state index in [1.54, 1.807) is 12.1 Å². The van der Waals surface area contributed by atoms with Crippen LogP contribution in [0.2, 0.25) is 0 Å². The Morgan fingerprint density at radius 3 is 2.36 bits per heavy atom. The molecular weight excluding hydrogens is 426 g/mol. The fraction of sp³-hybridized carbons (Fsp3) is 0.250. The van der Waals surface area contributed by atoms with Crippen LogP contribution in [-0.2, 0) is 22.7 Å². The molecule has 0 radical (unpaired) electrons. The topological polar surface area (TPSA) is 120 Å². The van der Waals surface area contributed by atoms with Crippen molar-refractivity contribution in [2.75, 3.05) is 0 Å². The number of hydrogen-bond acceptors (Lipinski definition) is 7. The molecule has 3 amide bonds. The fourth-order valence-corrected chi connectivity index (χ4v) is 2.87. The molecule has 172 valence electrons. The zero-order valence-electron chi connectivity index (χ0n) is 18.6. The highest BCUT2D eigenvalue weighted by Gasteiger charge is 2.21. The molecule has 0 fully saturated rings. The van der Waals surface area contributed by atoms with Gasteiger partial charge in [-0.1, -0.05) is 35.5 Å². The smallest absolute Gasteiger partial charge is 0.338 e. The van der Waals surface area contributed by atoms with E-state index in [2.05, 4.69) is 15.8 Å². The molecule has 2 aromatic carbocycles. The summed E-state index contributed by atoms with van der Waals surface area (Å²) in [4.78, 5) is 36.4. The number of aryl methyl sites for hydroxylation is 2. The van der Waals surface area contributed by atoms with E-state index in [4.69, 9.17) is 14.0 Å². The van der Waals surface area contributed by atoms with Gasteiger partial charge in [0, 0.05) is 6.54 Å². The lowest BCUT2D eigenvalue weighted by Gasteiger charge is -2.14. The van der Waals surface area contributed by atoms with Crippen LogP contribution >= 0.6 is 0 Å². The third-order valence-electron chi connectivity index (χ3n) is 4.84. The molecule has 1 atom stereocenters. The number of carbonyl (C=O) groups excluding carboxylic acids is 3. The van der Waals surface area contributed by atoms with Gasteiger partial charge in [-0.3, -0.25) is 10.1 Å². The van der Waals surface area contributed by atoms with Crippen molar-refractivity contribution < 1.29 is 28.4 Å². The summed E-state index contributed by atoms with van der Waals surface area (Å²) in [7, 11) is 0. The number of benzene rings is 2. The normalized spacial score (nSPS) is 11.4. The lowest BCUT2D eigenvalue weighted by atomic mass is 10.2. The maximum absolute atomic E-state index is 12.3. The van der Waals surface area contributed by atoms with Gasteiger partial charge in [-0.2, -0.15) is 0 Å². The van der Waals surface area contributed by atoms with E-state index in [1.807, 2.05) is 44.2 Å². The summed E-state index contributed by atoms with van der Waals surface area (Å²) in [5.41, 5.74) is 2.76. The molecule has 0 bridgehead atoms. The quantitative estimate of drug-likeness (QED) is 0.504. The molecule has 3 aromatic rings. The molecule has 33 heavy (non-hydrogen) atoms. The minimum Gasteiger partial charge on any atom is -0.489 e. The van der Waals surface area contributed by atoms with Crippen LogP contribution in [0.15, 0.2) is 59.1 Å². The van der Waals surface area contributed by atoms with E-state index in [1.165, 1.54) is 19.1 Å². The van der Waals surface area contributed by atoms with Crippen LogP contribution in [0.25, 0.3) is 0 Å². The predicted octanol–water partition coefficient (Wildman–Crippen LogP) is 3.44. The van der Waals surface area contributed by atoms with Crippen LogP contribution in [-0.4, -0.2) is 29.2 Å². The summed E-state index contributed by atoms with van der Waals surface area (Å²) in [5.74, 6) is -0.186. The summed E-state index contributed by atoms with van der Waals surface area (Å²) in [6.07, 6.45) is -1.16. The van der Waals surface area contributed by atoms with Crippen molar-refractivity contribution in [3.63, 3.8) is 0 Å². The number of esters is 1. The van der Waals surface area contributed by atoms with Crippen LogP contribution in [0, 0.1) is 13.8 Å². The van der Waals surface area contributed by atoms with E-state index >= 15 is 0 Å². The lowest BCUT2D eigenvalue weighted by Crippen LogP contribution is -2.44. The van der Waals surface area contributed by atoms with Gasteiger partial charge in [0.15, 0.2) is 6.10 Å². The Labute approximate surface area is 191 Å². The highest BCUT2D eigenvalue weighted by Crippen LogP contribution is 2.18. The zero-order chi connectivity index (χ0) is 23.8. The molecule has 0 aliphatic rings. The van der Waals surface area contributed by atoms with E-state index in [-0.39, 0.29) is 18.7 Å². The monoisotopic (exact) mass is 451 g/mol. The number of carbonyl (C=O) groups is 3. The minimum absolute atomic E-state index is 0.243. The van der Waals surface area contributed by atoms with Gasteiger partial charge in [0.1, 0.15) is 18.1 Å². The second-order valence-electron chi connectivity index (χ2n) is 7.32. The Balaban J connectivity index is 1.45. The standard InChI is InChI=1S/C24H25N3O6/c1-15-21(16(2)33-27-15)14-31-20-11-9-19(10-12-20)23(29)32-17(3)22(28)26-24(30)25-13-18-7-5-4-6-8-18/h4-12,17H,13-14H2,1-3H3,(H2,25,26,28,30). The number of aromatic nitrogens is 1. The molecule has 3 rings (SSSR count). The van der Waals surface area contributed by atoms with Crippen LogP contribution in [0.3, 0.4) is 0 Å². The second kappa shape index (κ2) is 10.9. The van der Waals surface area contributed by atoms with Crippen molar-refractivity contribution in [1.29, 1.82) is 0 Å². The zero-order valence-corrected chi connectivity index (χ0v) is 18.6. The third-order valence-corrected chi connectivity index (χ3v) is 4.84. The Morgan fingerprint density at radius 1 is 1.03 bits per heavy atom. The first-order valence-corrected chi connectivity index (χ1v) is 10.3. The van der Waals surface area contributed by atoms with Crippen LogP contribution in [0.4, 0.5) is 4.79 Å². The van der Waals surface area contributed by atoms with Crippen LogP contribution in [0.1, 0.15) is 39.9 Å². The molecule has 0 aliphatic heterocycles. The number of nitrogens with zero attached hydrogens (tertiary/aromatic N) is 1. The molecule has 9 nitrogen and oxygen atoms in total. The first-order chi connectivity index (χ1) is 15.8. The van der Waals surface area contributed by atoms with Crippen molar-refractivity contribution in [1.82, 2.24) is 15.8 Å². The van der Waals surface area contributed by atoms with Gasteiger partial charge in [0.2, 0.25) is 0 Å². The van der Waals surface area contributed by atoms with Crippen molar-refractivity contribution in [3.05, 3.63) is 82.7 Å². The number of ether oxygens (including phenoxy) is 2. The maximum Gasteiger partial charge on any atom is 0.338 e. The van der Waals surface area contributed by atoms with Gasteiger partial charge in [0.25, 0.3) is 5.91 Å². The molecule has 9 heteroatoms. The lowest BCUT2D eigenvalue weighted by molar-refractivity contribution is -0.127. The van der Waals surface area contributed by atoms with Gasteiger partial charge in [-0.15, -0.1) is 0 Å². The first-order valence-electron chi connectivity index (χ1n) is 10.3. The minimum atomic E-state index is -1.16. The van der Waals surface area contributed by atoms with Gasteiger partial charge < -0.3 is 19.3 Å². The van der Waals surface area contributed by atoms with Crippen LogP contribution in [0.5, 0.6) is 5.75 Å². The molecule has 0 aliphatic carbocycles. The van der Waals surface area contributed by atoms with E-state index in [9.17, 15) is 14.4 Å². The number of imide groups is 1. The largest absolute Gasteiger partial charge is 0.489 e. The highest BCUT2D eigenvalue weighted by molar-refractivity contribution is 5.98. The predicted molar refractivity (Wildman–Crippen MR) is 118 cm³/mol. The summed E-state index contributed by atoms with van der Waals surface area (Å²) in [6, 6.07) is 14.9. The second-order valence-corrected chi connectivity index (χ2v) is 7.32. The summed E-state index contributed by atoms with van der Waals surface area (Å²) in [6.45, 7) is 5.58. The average Bonchev–Trinajstić information content (AvgIpc) is 3.14. The number of rotatable bonds is 8. The van der Waals surface area contributed by atoms with Crippen molar-refractivity contribution in [2.45, 2.75) is 40.0 Å². The van der Waals surface area contributed by atoms with E-state index in [0.717, 1.165) is 16.8 Å². The molecule has 1 aromatic heterocycles. The van der Waals surface area contributed by atoms with Crippen molar-refractivity contribution >= 4 is 17.9 Å². The molecule has 1 unspecified atom stereocenters. The molecule has 2 N–H and O–H groups in total. The van der Waals surface area contributed by atoms with Gasteiger partial charge in [-0.25, -0.2) is 9.59 Å². The third kappa shape index (κ3) is 6.67. The summed E-state index contributed by atoms with van der Waals surface area (Å²) >= 11 is 0.